The van der Waals surface area contributed by atoms with Crippen LogP contribution in [0.4, 0.5) is 5.69 Å². The molecule has 0 radical (unpaired) electrons. The molecular weight excluding hydrogens is 498 g/mol. The second-order valence-corrected chi connectivity index (χ2v) is 12.5. The molecule has 7 rings (SSSR count). The molecule has 0 bridgehead atoms. The van der Waals surface area contributed by atoms with Crippen LogP contribution in [0.3, 0.4) is 0 Å². The molecule has 2 aliphatic heterocycles. The van der Waals surface area contributed by atoms with Gasteiger partial charge in [-0.2, -0.15) is 0 Å². The van der Waals surface area contributed by atoms with E-state index in [4.69, 9.17) is 0 Å². The SMILES string of the molecule is Cc1ccc(C2=CC(c3ccccc3)=C[C@@]3([C@@H]2C(=O)c2ccccc2)N2CCCCc4cccc(c42)C3(C)C)cc1. The van der Waals surface area contributed by atoms with Gasteiger partial charge in [0.2, 0.25) is 0 Å². The molecule has 2 nitrogen and oxygen atoms in total. The molecule has 2 heteroatoms. The van der Waals surface area contributed by atoms with E-state index in [1.807, 2.05) is 30.3 Å². The number of hydrogen-bond donors (Lipinski definition) is 0. The summed E-state index contributed by atoms with van der Waals surface area (Å²) in [5.41, 5.74) is 9.80. The first-order valence-corrected chi connectivity index (χ1v) is 15.0. The van der Waals surface area contributed by atoms with Gasteiger partial charge in [-0.3, -0.25) is 4.79 Å². The van der Waals surface area contributed by atoms with Gasteiger partial charge in [-0.25, -0.2) is 0 Å². The predicted molar refractivity (Wildman–Crippen MR) is 170 cm³/mol. The highest BCUT2D eigenvalue weighted by Crippen LogP contribution is 2.62. The number of carbonyl (C=O) groups excluding carboxylic acids is 1. The van der Waals surface area contributed by atoms with Crippen LogP contribution in [-0.4, -0.2) is 17.9 Å². The van der Waals surface area contributed by atoms with E-state index >= 15 is 4.79 Å². The Bertz CT molecular complexity index is 1680. The Kier molecular flexibility index (Phi) is 6.12. The Labute approximate surface area is 244 Å². The smallest absolute Gasteiger partial charge is 0.173 e. The van der Waals surface area contributed by atoms with Gasteiger partial charge < -0.3 is 4.90 Å². The number of anilines is 1. The fraction of sp³-hybridized carbons (Fsp3) is 0.256. The number of rotatable bonds is 4. The molecule has 0 fully saturated rings. The number of carbonyl (C=O) groups is 1. The summed E-state index contributed by atoms with van der Waals surface area (Å²) in [4.78, 5) is 17.7. The average Bonchev–Trinajstić information content (AvgIpc) is 3.13. The summed E-state index contributed by atoms with van der Waals surface area (Å²) in [6, 6.07) is 36.3. The summed E-state index contributed by atoms with van der Waals surface area (Å²) in [5.74, 6) is -0.194. The fourth-order valence-electron chi connectivity index (χ4n) is 7.76. The van der Waals surface area contributed by atoms with Crippen molar-refractivity contribution in [1.29, 1.82) is 0 Å². The van der Waals surface area contributed by atoms with E-state index in [0.717, 1.165) is 42.5 Å². The summed E-state index contributed by atoms with van der Waals surface area (Å²) >= 11 is 0. The Balaban J connectivity index is 1.57. The van der Waals surface area contributed by atoms with Crippen molar-refractivity contribution in [3.05, 3.63) is 149 Å². The number of para-hydroxylation sites is 1. The lowest BCUT2D eigenvalue weighted by atomic mass is 9.57. The van der Waals surface area contributed by atoms with Crippen molar-refractivity contribution >= 4 is 22.6 Å². The molecule has 204 valence electrons. The Morgan fingerprint density at radius 1 is 0.780 bits per heavy atom. The highest BCUT2D eigenvalue weighted by atomic mass is 16.1. The molecule has 1 spiro atoms. The second-order valence-electron chi connectivity index (χ2n) is 12.5. The highest BCUT2D eigenvalue weighted by Gasteiger charge is 2.63. The maximum Gasteiger partial charge on any atom is 0.173 e. The first-order chi connectivity index (χ1) is 19.9. The van der Waals surface area contributed by atoms with E-state index in [1.54, 1.807) is 0 Å². The fourth-order valence-corrected chi connectivity index (χ4v) is 7.76. The van der Waals surface area contributed by atoms with Crippen molar-refractivity contribution in [3.63, 3.8) is 0 Å². The lowest BCUT2D eigenvalue weighted by molar-refractivity contribution is 0.0882. The summed E-state index contributed by atoms with van der Waals surface area (Å²) in [7, 11) is 0. The summed E-state index contributed by atoms with van der Waals surface area (Å²) < 4.78 is 0. The van der Waals surface area contributed by atoms with Gasteiger partial charge in [-0.1, -0.05) is 123 Å². The molecule has 0 unspecified atom stereocenters. The predicted octanol–water partition coefficient (Wildman–Crippen LogP) is 8.85. The van der Waals surface area contributed by atoms with E-state index in [0.29, 0.717) is 0 Å². The average molecular weight is 536 g/mol. The lowest BCUT2D eigenvalue weighted by Gasteiger charge is -2.53. The van der Waals surface area contributed by atoms with Crippen molar-refractivity contribution in [2.75, 3.05) is 11.4 Å². The third kappa shape index (κ3) is 3.88. The van der Waals surface area contributed by atoms with Crippen LogP contribution < -0.4 is 4.90 Å². The molecule has 1 aliphatic carbocycles. The van der Waals surface area contributed by atoms with Gasteiger partial charge in [0, 0.05) is 23.2 Å². The van der Waals surface area contributed by atoms with Gasteiger partial charge in [0.05, 0.1) is 11.5 Å². The molecule has 2 atom stereocenters. The summed E-state index contributed by atoms with van der Waals surface area (Å²) in [6.07, 6.45) is 8.13. The van der Waals surface area contributed by atoms with Crippen LogP contribution in [0.25, 0.3) is 11.1 Å². The van der Waals surface area contributed by atoms with Crippen LogP contribution in [0.15, 0.2) is 115 Å². The van der Waals surface area contributed by atoms with Gasteiger partial charge >= 0.3 is 0 Å². The van der Waals surface area contributed by atoms with Crippen LogP contribution in [0.5, 0.6) is 0 Å². The number of allylic oxidation sites excluding steroid dienone is 2. The summed E-state index contributed by atoms with van der Waals surface area (Å²) in [6.45, 7) is 7.81. The number of fused-ring (bicyclic) bond motifs is 1. The molecule has 0 saturated heterocycles. The zero-order chi connectivity index (χ0) is 28.2. The van der Waals surface area contributed by atoms with E-state index in [2.05, 4.69) is 111 Å². The number of Topliss-reactive ketones (excluding diaryl/α,β-unsaturated/α-hetero) is 1. The van der Waals surface area contributed by atoms with Crippen molar-refractivity contribution in [2.24, 2.45) is 5.92 Å². The van der Waals surface area contributed by atoms with Crippen molar-refractivity contribution in [3.8, 4) is 0 Å². The Morgan fingerprint density at radius 3 is 2.22 bits per heavy atom. The molecule has 2 heterocycles. The zero-order valence-electron chi connectivity index (χ0n) is 24.2. The maximum atomic E-state index is 15.0. The third-order valence-electron chi connectivity index (χ3n) is 9.84. The lowest BCUT2D eigenvalue weighted by Crippen LogP contribution is -2.62. The third-order valence-corrected chi connectivity index (χ3v) is 9.84. The number of nitrogens with zero attached hydrogens (tertiary/aromatic N) is 1. The number of benzene rings is 4. The molecule has 41 heavy (non-hydrogen) atoms. The summed E-state index contributed by atoms with van der Waals surface area (Å²) in [5, 5.41) is 0. The molecule has 4 aromatic rings. The van der Waals surface area contributed by atoms with E-state index in [-0.39, 0.29) is 17.1 Å². The van der Waals surface area contributed by atoms with Gasteiger partial charge in [0.15, 0.2) is 5.78 Å². The van der Waals surface area contributed by atoms with Gasteiger partial charge in [0.25, 0.3) is 0 Å². The van der Waals surface area contributed by atoms with Gasteiger partial charge in [-0.15, -0.1) is 0 Å². The quantitative estimate of drug-likeness (QED) is 0.243. The highest BCUT2D eigenvalue weighted by molar-refractivity contribution is 6.10. The standard InChI is InChI=1S/C39H37NO/c1-27-20-22-29(23-21-27)33-25-32(28-13-6-4-7-14-28)26-39(35(33)37(41)31-16-8-5-9-17-31)38(2,3)34-19-12-18-30-15-10-11-24-40(39)36(30)34/h4-9,12-14,16-23,25-26,35H,10-11,15,24H2,1-3H3/t35-,39-/m0/s1. The van der Waals surface area contributed by atoms with E-state index in [9.17, 15) is 0 Å². The van der Waals surface area contributed by atoms with E-state index < -0.39 is 5.54 Å². The van der Waals surface area contributed by atoms with Crippen LogP contribution >= 0.6 is 0 Å². The first kappa shape index (κ1) is 25.8. The Hall–Kier alpha value is -4.17. The van der Waals surface area contributed by atoms with Gasteiger partial charge in [0.1, 0.15) is 0 Å². The minimum atomic E-state index is -0.581. The van der Waals surface area contributed by atoms with Crippen molar-refractivity contribution < 1.29 is 4.79 Å². The molecule has 4 aromatic carbocycles. The normalized spacial score (nSPS) is 22.5. The number of aryl methyl sites for hydroxylation is 2. The van der Waals surface area contributed by atoms with Crippen LogP contribution in [0.2, 0.25) is 0 Å². The molecule has 0 aromatic heterocycles. The zero-order valence-corrected chi connectivity index (χ0v) is 24.2. The van der Waals surface area contributed by atoms with Gasteiger partial charge in [-0.05, 0) is 71.7 Å². The molecule has 0 amide bonds. The van der Waals surface area contributed by atoms with Crippen LogP contribution in [-0.2, 0) is 11.8 Å². The monoisotopic (exact) mass is 535 g/mol. The van der Waals surface area contributed by atoms with Crippen molar-refractivity contribution in [1.82, 2.24) is 0 Å². The molecule has 0 N–H and O–H groups in total. The minimum absolute atomic E-state index is 0.187. The first-order valence-electron chi connectivity index (χ1n) is 15.0. The van der Waals surface area contributed by atoms with Crippen molar-refractivity contribution in [2.45, 2.75) is 51.0 Å². The Morgan fingerprint density at radius 2 is 1.49 bits per heavy atom. The number of ketones is 1. The largest absolute Gasteiger partial charge is 0.360 e. The molecular formula is C39H37NO. The molecule has 0 saturated carbocycles. The van der Waals surface area contributed by atoms with Crippen LogP contribution in [0, 0.1) is 12.8 Å². The molecule has 3 aliphatic rings. The topological polar surface area (TPSA) is 20.3 Å². The number of hydrogen-bond acceptors (Lipinski definition) is 2. The van der Waals surface area contributed by atoms with Crippen LogP contribution in [0.1, 0.15) is 64.9 Å². The second kappa shape index (κ2) is 9.73. The van der Waals surface area contributed by atoms with E-state index in [1.165, 1.54) is 33.5 Å². The minimum Gasteiger partial charge on any atom is -0.360 e. The maximum absolute atomic E-state index is 15.0.